The quantitative estimate of drug-likeness (QED) is 0.565. The highest BCUT2D eigenvalue weighted by atomic mass is 32.2. The fraction of sp³-hybridized carbons (Fsp3) is 0.409. The predicted octanol–water partition coefficient (Wildman–Crippen LogP) is 4.25. The Balaban J connectivity index is 1.57. The van der Waals surface area contributed by atoms with Gasteiger partial charge in [0, 0.05) is 18.7 Å². The number of benzene rings is 2. The Hall–Kier alpha value is -2.59. The van der Waals surface area contributed by atoms with Crippen molar-refractivity contribution in [3.05, 3.63) is 59.7 Å². The van der Waals surface area contributed by atoms with E-state index in [-0.39, 0.29) is 36.4 Å². The molecule has 1 aliphatic heterocycles. The summed E-state index contributed by atoms with van der Waals surface area (Å²) in [5.74, 6) is -0.625. The first-order valence-corrected chi connectivity index (χ1v) is 11.6. The monoisotopic (exact) mass is 471 g/mol. The van der Waals surface area contributed by atoms with Gasteiger partial charge in [-0.3, -0.25) is 4.79 Å². The number of carbonyl (C=O) groups excluding carboxylic acids is 1. The van der Waals surface area contributed by atoms with Crippen molar-refractivity contribution in [2.75, 3.05) is 19.7 Å². The summed E-state index contributed by atoms with van der Waals surface area (Å²) >= 11 is 0. The molecule has 10 heteroatoms. The van der Waals surface area contributed by atoms with Gasteiger partial charge in [0.2, 0.25) is 10.0 Å². The van der Waals surface area contributed by atoms with Crippen LogP contribution in [0.25, 0.3) is 0 Å². The molecule has 1 heterocycles. The van der Waals surface area contributed by atoms with Crippen LogP contribution in [0.5, 0.6) is 5.75 Å². The minimum atomic E-state index is -4.54. The first kappa shape index (κ1) is 24.1. The Kier molecular flexibility index (Phi) is 7.45. The van der Waals surface area contributed by atoms with Crippen molar-refractivity contribution in [1.29, 1.82) is 0 Å². The molecule has 0 aliphatic carbocycles. The van der Waals surface area contributed by atoms with Gasteiger partial charge in [-0.15, -0.1) is 0 Å². The Morgan fingerprint density at radius 3 is 2.28 bits per heavy atom. The molecule has 0 N–H and O–H groups in total. The van der Waals surface area contributed by atoms with Crippen LogP contribution in [0.4, 0.5) is 13.2 Å². The van der Waals surface area contributed by atoms with Crippen LogP contribution in [0.3, 0.4) is 0 Å². The molecule has 6 nitrogen and oxygen atoms in total. The molecular formula is C22H24F3NO5S. The number of nitrogens with zero attached hydrogens (tertiary/aromatic N) is 1. The van der Waals surface area contributed by atoms with Gasteiger partial charge in [-0.05, 0) is 50.1 Å². The number of halogens is 3. The fourth-order valence-corrected chi connectivity index (χ4v) is 5.01. The Morgan fingerprint density at radius 2 is 1.69 bits per heavy atom. The number of alkyl halides is 3. The van der Waals surface area contributed by atoms with Crippen molar-refractivity contribution in [2.45, 2.75) is 37.4 Å². The number of sulfonamides is 1. The summed E-state index contributed by atoms with van der Waals surface area (Å²) in [6, 6.07) is 11.0. The maximum atomic E-state index is 13.1. The van der Waals surface area contributed by atoms with Gasteiger partial charge in [-0.2, -0.15) is 17.5 Å². The van der Waals surface area contributed by atoms with Crippen LogP contribution in [0.1, 0.15) is 30.9 Å². The molecule has 1 fully saturated rings. The third-order valence-corrected chi connectivity index (χ3v) is 7.17. The molecule has 0 spiro atoms. The molecule has 0 bridgehead atoms. The van der Waals surface area contributed by atoms with Crippen molar-refractivity contribution in [1.82, 2.24) is 4.31 Å². The van der Waals surface area contributed by atoms with Crippen LogP contribution in [-0.4, -0.2) is 38.4 Å². The van der Waals surface area contributed by atoms with Gasteiger partial charge < -0.3 is 9.47 Å². The van der Waals surface area contributed by atoms with Crippen LogP contribution < -0.4 is 4.74 Å². The van der Waals surface area contributed by atoms with Crippen molar-refractivity contribution >= 4 is 16.0 Å². The molecule has 0 saturated carbocycles. The van der Waals surface area contributed by atoms with Gasteiger partial charge in [-0.1, -0.05) is 18.2 Å². The standard InChI is InChI=1S/C22H24F3NO5S/c1-2-30-18-7-9-19(10-8-18)32(28,29)26-13-11-16(12-14-26)21(27)31-15-17-5-3-4-6-20(17)22(23,24)25/h3-10,16H,2,11-15H2,1H3. The third kappa shape index (κ3) is 5.60. The topological polar surface area (TPSA) is 72.9 Å². The summed E-state index contributed by atoms with van der Waals surface area (Å²) in [6.45, 7) is 2.05. The van der Waals surface area contributed by atoms with Gasteiger partial charge in [0.25, 0.3) is 0 Å². The molecule has 0 aromatic heterocycles. The maximum absolute atomic E-state index is 13.1. The summed E-state index contributed by atoms with van der Waals surface area (Å²) in [6.07, 6.45) is -4.07. The Morgan fingerprint density at radius 1 is 1.06 bits per heavy atom. The SMILES string of the molecule is CCOc1ccc(S(=O)(=O)N2CCC(C(=O)OCc3ccccc3C(F)(F)F)CC2)cc1. The zero-order valence-corrected chi connectivity index (χ0v) is 18.3. The molecule has 2 aromatic carbocycles. The second-order valence-electron chi connectivity index (χ2n) is 7.35. The van der Waals surface area contributed by atoms with Crippen molar-refractivity contribution < 1.29 is 35.9 Å². The van der Waals surface area contributed by atoms with Crippen molar-refractivity contribution in [3.63, 3.8) is 0 Å². The minimum Gasteiger partial charge on any atom is -0.494 e. The van der Waals surface area contributed by atoms with Gasteiger partial charge >= 0.3 is 12.1 Å². The van der Waals surface area contributed by atoms with Crippen molar-refractivity contribution in [3.8, 4) is 5.75 Å². The average Bonchev–Trinajstić information content (AvgIpc) is 2.78. The number of piperidine rings is 1. The van der Waals surface area contributed by atoms with Gasteiger partial charge in [-0.25, -0.2) is 8.42 Å². The molecule has 174 valence electrons. The molecular weight excluding hydrogens is 447 g/mol. The summed E-state index contributed by atoms with van der Waals surface area (Å²) in [5.41, 5.74) is -0.965. The highest BCUT2D eigenvalue weighted by molar-refractivity contribution is 7.89. The number of hydrogen-bond acceptors (Lipinski definition) is 5. The van der Waals surface area contributed by atoms with Gasteiger partial charge in [0.1, 0.15) is 12.4 Å². The van der Waals surface area contributed by atoms with E-state index in [1.807, 2.05) is 6.92 Å². The number of rotatable bonds is 7. The molecule has 32 heavy (non-hydrogen) atoms. The lowest BCUT2D eigenvalue weighted by molar-refractivity contribution is -0.153. The van der Waals surface area contributed by atoms with Crippen LogP contribution in [0.15, 0.2) is 53.4 Å². The third-order valence-electron chi connectivity index (χ3n) is 5.25. The van der Waals surface area contributed by atoms with E-state index in [4.69, 9.17) is 9.47 Å². The number of carbonyl (C=O) groups is 1. The molecule has 0 unspecified atom stereocenters. The first-order valence-electron chi connectivity index (χ1n) is 10.2. The van der Waals surface area contributed by atoms with E-state index in [0.717, 1.165) is 6.07 Å². The zero-order chi connectivity index (χ0) is 23.4. The molecule has 1 saturated heterocycles. The van der Waals surface area contributed by atoms with E-state index < -0.39 is 40.3 Å². The van der Waals surface area contributed by atoms with Crippen LogP contribution in [0, 0.1) is 5.92 Å². The van der Waals surface area contributed by atoms with Gasteiger partial charge in [0.15, 0.2) is 0 Å². The summed E-state index contributed by atoms with van der Waals surface area (Å²) in [4.78, 5) is 12.5. The molecule has 0 radical (unpaired) electrons. The lowest BCUT2D eigenvalue weighted by Crippen LogP contribution is -2.40. The van der Waals surface area contributed by atoms with Crippen molar-refractivity contribution in [2.24, 2.45) is 5.92 Å². The molecule has 0 atom stereocenters. The normalized spacial score (nSPS) is 16.0. The number of hydrogen-bond donors (Lipinski definition) is 0. The van der Waals surface area contributed by atoms with E-state index in [9.17, 15) is 26.4 Å². The van der Waals surface area contributed by atoms with Crippen LogP contribution >= 0.6 is 0 Å². The zero-order valence-electron chi connectivity index (χ0n) is 17.5. The molecule has 0 amide bonds. The summed E-state index contributed by atoms with van der Waals surface area (Å²) in [5, 5.41) is 0. The molecule has 2 aromatic rings. The van der Waals surface area contributed by atoms with E-state index in [0.29, 0.717) is 12.4 Å². The summed E-state index contributed by atoms with van der Waals surface area (Å²) < 4.78 is 76.6. The minimum absolute atomic E-state index is 0.119. The summed E-state index contributed by atoms with van der Waals surface area (Å²) in [7, 11) is -3.72. The average molecular weight is 471 g/mol. The molecule has 1 aliphatic rings. The highest BCUT2D eigenvalue weighted by Gasteiger charge is 2.35. The number of ether oxygens (including phenoxy) is 2. The maximum Gasteiger partial charge on any atom is 0.416 e. The number of esters is 1. The van der Waals surface area contributed by atoms with Crippen LogP contribution in [0.2, 0.25) is 0 Å². The second kappa shape index (κ2) is 9.91. The first-order chi connectivity index (χ1) is 15.1. The smallest absolute Gasteiger partial charge is 0.416 e. The fourth-order valence-electron chi connectivity index (χ4n) is 3.54. The lowest BCUT2D eigenvalue weighted by atomic mass is 9.98. The van der Waals surface area contributed by atoms with E-state index in [1.54, 1.807) is 12.1 Å². The largest absolute Gasteiger partial charge is 0.494 e. The Labute approximate surface area is 185 Å². The second-order valence-corrected chi connectivity index (χ2v) is 9.28. The predicted molar refractivity (Wildman–Crippen MR) is 110 cm³/mol. The molecule has 3 rings (SSSR count). The van der Waals surface area contributed by atoms with E-state index >= 15 is 0 Å². The Bertz CT molecular complexity index is 1030. The van der Waals surface area contributed by atoms with Crippen LogP contribution in [-0.2, 0) is 32.3 Å². The van der Waals surface area contributed by atoms with E-state index in [2.05, 4.69) is 0 Å². The van der Waals surface area contributed by atoms with E-state index in [1.165, 1.54) is 34.6 Å². The van der Waals surface area contributed by atoms with Gasteiger partial charge in [0.05, 0.1) is 23.0 Å². The lowest BCUT2D eigenvalue weighted by Gasteiger charge is -2.30. The highest BCUT2D eigenvalue weighted by Crippen LogP contribution is 2.32.